The highest BCUT2D eigenvalue weighted by Gasteiger charge is 2.24. The van der Waals surface area contributed by atoms with Gasteiger partial charge in [-0.3, -0.25) is 4.90 Å². The fourth-order valence-electron chi connectivity index (χ4n) is 4.14. The second kappa shape index (κ2) is 12.2. The Balaban J connectivity index is 0.00000306. The molecule has 9 heteroatoms. The normalized spacial score (nSPS) is 15.8. The topological polar surface area (TPSA) is 83.5 Å². The number of aliphatic imine (C=N–C) groups is 1. The van der Waals surface area contributed by atoms with Gasteiger partial charge in [0.25, 0.3) is 0 Å². The highest BCUT2D eigenvalue weighted by Crippen LogP contribution is 2.23. The molecule has 3 heterocycles. The molecule has 0 radical (unpaired) electrons. The molecule has 33 heavy (non-hydrogen) atoms. The Labute approximate surface area is 212 Å². The van der Waals surface area contributed by atoms with Gasteiger partial charge in [0.2, 0.25) is 0 Å². The molecule has 3 aromatic rings. The lowest BCUT2D eigenvalue weighted by atomic mass is 10.1. The van der Waals surface area contributed by atoms with Gasteiger partial charge >= 0.3 is 0 Å². The molecular formula is C24H34IN7O. The number of rotatable bonds is 8. The number of aryl methyl sites for hydroxylation is 2. The average Bonchev–Trinajstić information content (AvgIpc) is 3.42. The van der Waals surface area contributed by atoms with Crippen molar-refractivity contribution in [2.24, 2.45) is 4.99 Å². The summed E-state index contributed by atoms with van der Waals surface area (Å²) in [6, 6.07) is 12.6. The summed E-state index contributed by atoms with van der Waals surface area (Å²) in [5.74, 6) is 3.60. The number of aromatic nitrogens is 3. The van der Waals surface area contributed by atoms with E-state index < -0.39 is 0 Å². The molecule has 1 aliphatic rings. The Bertz CT molecular complexity index is 1030. The Morgan fingerprint density at radius 1 is 1.21 bits per heavy atom. The van der Waals surface area contributed by atoms with Crippen LogP contribution in [0.5, 0.6) is 0 Å². The zero-order chi connectivity index (χ0) is 22.3. The van der Waals surface area contributed by atoms with E-state index in [-0.39, 0.29) is 30.0 Å². The number of hydrogen-bond donors (Lipinski definition) is 2. The third-order valence-electron chi connectivity index (χ3n) is 5.61. The van der Waals surface area contributed by atoms with Crippen LogP contribution < -0.4 is 10.6 Å². The van der Waals surface area contributed by atoms with E-state index in [1.54, 1.807) is 6.26 Å². The number of guanidine groups is 1. The molecule has 8 nitrogen and oxygen atoms in total. The first kappa shape index (κ1) is 25.2. The van der Waals surface area contributed by atoms with E-state index in [4.69, 9.17) is 9.41 Å². The van der Waals surface area contributed by atoms with Crippen molar-refractivity contribution in [1.82, 2.24) is 30.3 Å². The fraction of sp³-hybridized carbons (Fsp3) is 0.458. The van der Waals surface area contributed by atoms with Crippen molar-refractivity contribution in [3.05, 3.63) is 71.2 Å². The maximum atomic E-state index is 5.49. The Hall–Kier alpha value is -2.40. The van der Waals surface area contributed by atoms with Crippen LogP contribution in [0.15, 0.2) is 52.1 Å². The number of halogens is 1. The van der Waals surface area contributed by atoms with Gasteiger partial charge in [-0.25, -0.2) is 14.7 Å². The van der Waals surface area contributed by atoms with Crippen LogP contribution in [0, 0.1) is 6.92 Å². The second-order valence-corrected chi connectivity index (χ2v) is 8.30. The summed E-state index contributed by atoms with van der Waals surface area (Å²) < 4.78 is 7.50. The number of fused-ring (bicyclic) bond motifs is 1. The van der Waals surface area contributed by atoms with E-state index in [1.807, 2.05) is 23.7 Å². The van der Waals surface area contributed by atoms with E-state index in [0.717, 1.165) is 62.4 Å². The summed E-state index contributed by atoms with van der Waals surface area (Å²) in [5.41, 5.74) is 2.49. The quantitative estimate of drug-likeness (QED) is 0.245. The number of furan rings is 1. The first-order chi connectivity index (χ1) is 15.6. The first-order valence-corrected chi connectivity index (χ1v) is 11.4. The van der Waals surface area contributed by atoms with Gasteiger partial charge in [0.05, 0.1) is 25.4 Å². The summed E-state index contributed by atoms with van der Waals surface area (Å²) in [6.07, 6.45) is 3.83. The maximum absolute atomic E-state index is 5.49. The molecule has 1 aliphatic heterocycles. The monoisotopic (exact) mass is 563 g/mol. The van der Waals surface area contributed by atoms with Gasteiger partial charge in [-0.2, -0.15) is 5.10 Å². The standard InChI is InChI=1S/C24H33N7O.HI/c1-4-25-24(28-22-12-7-13-31-23(22)27-18(2)29-31)26-15-19-9-5-6-10-20(19)16-30(3)17-21-11-8-14-32-21;/h5-6,8-11,14,22H,4,7,12-13,15-17H2,1-3H3,(H2,25,26,28);1H. The van der Waals surface area contributed by atoms with Crippen LogP contribution in [0.2, 0.25) is 0 Å². The van der Waals surface area contributed by atoms with Crippen molar-refractivity contribution in [2.75, 3.05) is 13.6 Å². The largest absolute Gasteiger partial charge is 0.468 e. The lowest BCUT2D eigenvalue weighted by Gasteiger charge is -2.25. The zero-order valence-corrected chi connectivity index (χ0v) is 22.0. The molecular weight excluding hydrogens is 529 g/mol. The lowest BCUT2D eigenvalue weighted by Crippen LogP contribution is -2.41. The lowest BCUT2D eigenvalue weighted by molar-refractivity contribution is 0.287. The molecule has 2 N–H and O–H groups in total. The van der Waals surface area contributed by atoms with Crippen LogP contribution in [-0.2, 0) is 26.2 Å². The molecule has 0 bridgehead atoms. The third kappa shape index (κ3) is 6.80. The third-order valence-corrected chi connectivity index (χ3v) is 5.61. The van der Waals surface area contributed by atoms with Crippen LogP contribution in [0.3, 0.4) is 0 Å². The summed E-state index contributed by atoms with van der Waals surface area (Å²) >= 11 is 0. The van der Waals surface area contributed by atoms with E-state index in [9.17, 15) is 0 Å². The predicted molar refractivity (Wildman–Crippen MR) is 140 cm³/mol. The second-order valence-electron chi connectivity index (χ2n) is 8.30. The van der Waals surface area contributed by atoms with Crippen molar-refractivity contribution < 1.29 is 4.42 Å². The van der Waals surface area contributed by atoms with Crippen LogP contribution in [0.4, 0.5) is 0 Å². The average molecular weight is 563 g/mol. The van der Waals surface area contributed by atoms with E-state index in [0.29, 0.717) is 6.54 Å². The Morgan fingerprint density at radius 3 is 2.79 bits per heavy atom. The van der Waals surface area contributed by atoms with Crippen molar-refractivity contribution in [3.63, 3.8) is 0 Å². The summed E-state index contributed by atoms with van der Waals surface area (Å²) in [5, 5.41) is 11.5. The van der Waals surface area contributed by atoms with Gasteiger partial charge < -0.3 is 15.1 Å². The maximum Gasteiger partial charge on any atom is 0.192 e. The number of nitrogens with zero attached hydrogens (tertiary/aromatic N) is 5. The molecule has 0 saturated carbocycles. The molecule has 0 fully saturated rings. The van der Waals surface area contributed by atoms with Crippen molar-refractivity contribution >= 4 is 29.9 Å². The molecule has 0 saturated heterocycles. The van der Waals surface area contributed by atoms with Crippen molar-refractivity contribution in [2.45, 2.75) is 58.9 Å². The Kier molecular flexibility index (Phi) is 9.30. The molecule has 178 valence electrons. The van der Waals surface area contributed by atoms with E-state index in [2.05, 4.69) is 63.9 Å². The van der Waals surface area contributed by atoms with Gasteiger partial charge in [-0.15, -0.1) is 24.0 Å². The van der Waals surface area contributed by atoms with Crippen molar-refractivity contribution in [1.29, 1.82) is 0 Å². The Morgan fingerprint density at radius 2 is 2.03 bits per heavy atom. The van der Waals surface area contributed by atoms with Crippen LogP contribution in [-0.4, -0.2) is 39.2 Å². The highest BCUT2D eigenvalue weighted by molar-refractivity contribution is 14.0. The molecule has 2 aromatic heterocycles. The van der Waals surface area contributed by atoms with Crippen molar-refractivity contribution in [3.8, 4) is 0 Å². The SMILES string of the molecule is CCNC(=NCc1ccccc1CN(C)Cc1ccco1)NC1CCCn2nc(C)nc21.I. The number of hydrogen-bond acceptors (Lipinski definition) is 5. The summed E-state index contributed by atoms with van der Waals surface area (Å²) in [7, 11) is 2.11. The smallest absolute Gasteiger partial charge is 0.192 e. The molecule has 0 spiro atoms. The molecule has 0 aliphatic carbocycles. The van der Waals surface area contributed by atoms with Crippen LogP contribution in [0.1, 0.15) is 54.3 Å². The first-order valence-electron chi connectivity index (χ1n) is 11.4. The summed E-state index contributed by atoms with van der Waals surface area (Å²) in [6.45, 7) is 7.99. The molecule has 1 aromatic carbocycles. The molecule has 4 rings (SSSR count). The molecule has 1 atom stereocenters. The molecule has 1 unspecified atom stereocenters. The minimum absolute atomic E-state index is 0. The fourth-order valence-corrected chi connectivity index (χ4v) is 4.14. The van der Waals surface area contributed by atoms with Gasteiger partial charge in [-0.1, -0.05) is 24.3 Å². The summed E-state index contributed by atoms with van der Waals surface area (Å²) in [4.78, 5) is 11.8. The van der Waals surface area contributed by atoms with Crippen LogP contribution >= 0.6 is 24.0 Å². The number of benzene rings is 1. The van der Waals surface area contributed by atoms with Gasteiger partial charge in [-0.05, 0) is 57.0 Å². The van der Waals surface area contributed by atoms with E-state index >= 15 is 0 Å². The predicted octanol–water partition coefficient (Wildman–Crippen LogP) is 4.02. The zero-order valence-electron chi connectivity index (χ0n) is 19.6. The highest BCUT2D eigenvalue weighted by atomic mass is 127. The van der Waals surface area contributed by atoms with Gasteiger partial charge in [0.1, 0.15) is 17.4 Å². The van der Waals surface area contributed by atoms with Gasteiger partial charge in [0, 0.05) is 19.6 Å². The minimum atomic E-state index is 0. The van der Waals surface area contributed by atoms with E-state index in [1.165, 1.54) is 11.1 Å². The van der Waals surface area contributed by atoms with Gasteiger partial charge in [0.15, 0.2) is 5.96 Å². The molecule has 0 amide bonds. The number of nitrogens with one attached hydrogen (secondary N) is 2. The van der Waals surface area contributed by atoms with Crippen LogP contribution in [0.25, 0.3) is 0 Å². The minimum Gasteiger partial charge on any atom is -0.468 e.